The monoisotopic (exact) mass is 406 g/mol. The normalized spacial score (nSPS) is 12.5. The van der Waals surface area contributed by atoms with Crippen LogP contribution in [0.3, 0.4) is 0 Å². The van der Waals surface area contributed by atoms with Gasteiger partial charge >= 0.3 is 0 Å². The topological polar surface area (TPSA) is 89.5 Å². The maximum Gasteiger partial charge on any atom is 0.244 e. The van der Waals surface area contributed by atoms with Crippen LogP contribution in [0.1, 0.15) is 11.3 Å². The van der Waals surface area contributed by atoms with Crippen LogP contribution in [0.2, 0.25) is 5.15 Å². The molecule has 2 heterocycles. The van der Waals surface area contributed by atoms with Gasteiger partial charge in [-0.3, -0.25) is 14.0 Å². The average molecular weight is 407 g/mol. The largest absolute Gasteiger partial charge is 0.369 e. The number of hydrogen-bond acceptors (Lipinski definition) is 4. The quantitative estimate of drug-likeness (QED) is 0.591. The van der Waals surface area contributed by atoms with Gasteiger partial charge in [0.2, 0.25) is 11.8 Å². The van der Waals surface area contributed by atoms with Gasteiger partial charge in [0.25, 0.3) is 0 Å². The number of aromatic nitrogens is 2. The number of carbonyl (C=O) groups excluding carboxylic acids is 2. The molecule has 2 aromatic heterocycles. The fourth-order valence-corrected chi connectivity index (χ4v) is 3.55. The number of halogens is 2. The number of nitrogens with two attached hydrogens (primary N) is 1. The Balaban J connectivity index is 1.60. The first-order valence-electron chi connectivity index (χ1n) is 8.05. The molecule has 0 aliphatic rings. The van der Waals surface area contributed by atoms with Crippen LogP contribution in [-0.2, 0) is 16.0 Å². The maximum atomic E-state index is 13.0. The number of amides is 2. The number of hydrogen-bond donors (Lipinski definition) is 2. The summed E-state index contributed by atoms with van der Waals surface area (Å²) in [5.74, 6) is -1.88. The summed E-state index contributed by atoms with van der Waals surface area (Å²) in [6.45, 7) is 0.0733. The minimum absolute atomic E-state index is 0.0733. The number of nitrogens with one attached hydrogen (secondary N) is 1. The van der Waals surface area contributed by atoms with Crippen molar-refractivity contribution in [3.8, 4) is 0 Å². The Bertz CT molecular complexity index is 997. The average Bonchev–Trinajstić information content (AvgIpc) is 3.19. The van der Waals surface area contributed by atoms with Gasteiger partial charge < -0.3 is 11.1 Å². The van der Waals surface area contributed by atoms with E-state index in [4.69, 9.17) is 17.3 Å². The molecular weight excluding hydrogens is 391 g/mol. The van der Waals surface area contributed by atoms with E-state index in [2.05, 4.69) is 10.3 Å². The van der Waals surface area contributed by atoms with Gasteiger partial charge in [-0.2, -0.15) is 0 Å². The van der Waals surface area contributed by atoms with E-state index < -0.39 is 11.8 Å². The van der Waals surface area contributed by atoms with Crippen molar-refractivity contribution in [3.05, 3.63) is 64.1 Å². The van der Waals surface area contributed by atoms with E-state index in [1.165, 1.54) is 29.5 Å². The number of benzene rings is 1. The number of carbonyl (C=O) groups is 2. The predicted molar refractivity (Wildman–Crippen MR) is 103 cm³/mol. The maximum absolute atomic E-state index is 13.0. The van der Waals surface area contributed by atoms with Crippen molar-refractivity contribution in [1.82, 2.24) is 14.7 Å². The number of fused-ring (bicyclic) bond motifs is 1. The fourth-order valence-electron chi connectivity index (χ4n) is 2.54. The molecule has 1 atom stereocenters. The summed E-state index contributed by atoms with van der Waals surface area (Å²) < 4.78 is 14.7. The molecule has 3 N–H and O–H groups in total. The molecule has 0 saturated heterocycles. The standard InChI is InChI=1S/C18H16ClFN4O2S/c19-16-14(24-7-8-27-18(24)23-16)5-6-15(25)22-10-12(17(21)26)9-11-1-3-13(20)4-2-11/h1-8,12H,9-10H2,(H2,21,26)(H,22,25)/b6-5+. The van der Waals surface area contributed by atoms with Crippen LogP contribution in [0.4, 0.5) is 4.39 Å². The van der Waals surface area contributed by atoms with Gasteiger partial charge in [0, 0.05) is 24.2 Å². The summed E-state index contributed by atoms with van der Waals surface area (Å²) in [7, 11) is 0. The van der Waals surface area contributed by atoms with Crippen LogP contribution in [0.5, 0.6) is 0 Å². The Morgan fingerprint density at radius 1 is 1.37 bits per heavy atom. The van der Waals surface area contributed by atoms with E-state index in [0.29, 0.717) is 17.3 Å². The predicted octanol–water partition coefficient (Wildman–Crippen LogP) is 2.66. The second-order valence-corrected chi connectivity index (χ2v) is 7.08. The highest BCUT2D eigenvalue weighted by atomic mass is 35.5. The summed E-state index contributed by atoms with van der Waals surface area (Å²) >= 11 is 7.50. The molecule has 2 amide bonds. The number of primary amides is 1. The first kappa shape index (κ1) is 19.1. The molecule has 1 unspecified atom stereocenters. The molecule has 140 valence electrons. The van der Waals surface area contributed by atoms with Crippen LogP contribution in [0.15, 0.2) is 41.9 Å². The smallest absolute Gasteiger partial charge is 0.244 e. The molecule has 0 radical (unpaired) electrons. The minimum Gasteiger partial charge on any atom is -0.369 e. The molecule has 3 aromatic rings. The Kier molecular flexibility index (Phi) is 5.88. The highest BCUT2D eigenvalue weighted by Crippen LogP contribution is 2.22. The molecular formula is C18H16ClFN4O2S. The van der Waals surface area contributed by atoms with E-state index >= 15 is 0 Å². The fraction of sp³-hybridized carbons (Fsp3) is 0.167. The van der Waals surface area contributed by atoms with Crippen molar-refractivity contribution in [3.63, 3.8) is 0 Å². The van der Waals surface area contributed by atoms with E-state index in [1.54, 1.807) is 22.6 Å². The Hall–Kier alpha value is -2.71. The van der Waals surface area contributed by atoms with Gasteiger partial charge in [-0.05, 0) is 30.2 Å². The summed E-state index contributed by atoms with van der Waals surface area (Å²) in [5, 5.41) is 4.82. The van der Waals surface area contributed by atoms with Crippen molar-refractivity contribution < 1.29 is 14.0 Å². The van der Waals surface area contributed by atoms with E-state index in [0.717, 1.165) is 10.5 Å². The second kappa shape index (κ2) is 8.32. The lowest BCUT2D eigenvalue weighted by atomic mass is 9.98. The number of thiazole rings is 1. The highest BCUT2D eigenvalue weighted by Gasteiger charge is 2.17. The first-order valence-corrected chi connectivity index (χ1v) is 9.30. The summed E-state index contributed by atoms with van der Waals surface area (Å²) in [6, 6.07) is 5.80. The molecule has 0 aliphatic carbocycles. The molecule has 1 aromatic carbocycles. The Labute approximate surface area is 163 Å². The van der Waals surface area contributed by atoms with Crippen molar-refractivity contribution in [1.29, 1.82) is 0 Å². The SMILES string of the molecule is NC(=O)C(CNC(=O)/C=C/c1c(Cl)nc2sccn12)Cc1ccc(F)cc1. The lowest BCUT2D eigenvalue weighted by Crippen LogP contribution is -2.36. The summed E-state index contributed by atoms with van der Waals surface area (Å²) in [6.07, 6.45) is 5.00. The first-order chi connectivity index (χ1) is 12.9. The summed E-state index contributed by atoms with van der Waals surface area (Å²) in [4.78, 5) is 28.6. The molecule has 0 bridgehead atoms. The Morgan fingerprint density at radius 2 is 2.11 bits per heavy atom. The lowest BCUT2D eigenvalue weighted by Gasteiger charge is -2.13. The molecule has 0 aliphatic heterocycles. The summed E-state index contributed by atoms with van der Waals surface area (Å²) in [5.41, 5.74) is 6.77. The molecule has 0 spiro atoms. The highest BCUT2D eigenvalue weighted by molar-refractivity contribution is 7.15. The Morgan fingerprint density at radius 3 is 2.81 bits per heavy atom. The van der Waals surface area contributed by atoms with Crippen LogP contribution >= 0.6 is 22.9 Å². The third-order valence-electron chi connectivity index (χ3n) is 3.97. The minimum atomic E-state index is -0.602. The van der Waals surface area contributed by atoms with Gasteiger partial charge in [-0.25, -0.2) is 9.37 Å². The van der Waals surface area contributed by atoms with Crippen molar-refractivity contribution in [2.24, 2.45) is 11.7 Å². The lowest BCUT2D eigenvalue weighted by molar-refractivity contribution is -0.122. The third kappa shape index (κ3) is 4.72. The van der Waals surface area contributed by atoms with Gasteiger partial charge in [-0.1, -0.05) is 23.7 Å². The van der Waals surface area contributed by atoms with Crippen molar-refractivity contribution >= 4 is 45.8 Å². The van der Waals surface area contributed by atoms with Crippen LogP contribution in [0, 0.1) is 11.7 Å². The number of nitrogens with zero attached hydrogens (tertiary/aromatic N) is 2. The van der Waals surface area contributed by atoms with E-state index in [9.17, 15) is 14.0 Å². The van der Waals surface area contributed by atoms with Crippen molar-refractivity contribution in [2.45, 2.75) is 6.42 Å². The molecule has 9 heteroatoms. The number of imidazole rings is 1. The van der Waals surface area contributed by atoms with E-state index in [-0.39, 0.29) is 18.3 Å². The van der Waals surface area contributed by atoms with Crippen LogP contribution in [0.25, 0.3) is 11.0 Å². The van der Waals surface area contributed by atoms with Gasteiger partial charge in [-0.15, -0.1) is 11.3 Å². The second-order valence-electron chi connectivity index (χ2n) is 5.85. The zero-order valence-corrected chi connectivity index (χ0v) is 15.6. The number of rotatable bonds is 7. The van der Waals surface area contributed by atoms with Gasteiger partial charge in [0.05, 0.1) is 11.6 Å². The van der Waals surface area contributed by atoms with Crippen molar-refractivity contribution in [2.75, 3.05) is 6.54 Å². The van der Waals surface area contributed by atoms with Crippen LogP contribution < -0.4 is 11.1 Å². The third-order valence-corrected chi connectivity index (χ3v) is 5.00. The molecule has 0 saturated carbocycles. The van der Waals surface area contributed by atoms with E-state index in [1.807, 2.05) is 11.6 Å². The van der Waals surface area contributed by atoms with Crippen LogP contribution in [-0.4, -0.2) is 27.7 Å². The zero-order valence-electron chi connectivity index (χ0n) is 14.1. The zero-order chi connectivity index (χ0) is 19.4. The molecule has 27 heavy (non-hydrogen) atoms. The van der Waals surface area contributed by atoms with Gasteiger partial charge in [0.15, 0.2) is 10.1 Å². The molecule has 3 rings (SSSR count). The molecule has 6 nitrogen and oxygen atoms in total. The van der Waals surface area contributed by atoms with Gasteiger partial charge in [0.1, 0.15) is 5.82 Å². The molecule has 0 fully saturated rings.